The topological polar surface area (TPSA) is 88.1 Å². The van der Waals surface area contributed by atoms with Gasteiger partial charge in [-0.15, -0.1) is 0 Å². The Labute approximate surface area is 114 Å². The van der Waals surface area contributed by atoms with Gasteiger partial charge in [0.2, 0.25) is 0 Å². The van der Waals surface area contributed by atoms with Gasteiger partial charge in [-0.2, -0.15) is 0 Å². The van der Waals surface area contributed by atoms with Crippen LogP contribution in [0.5, 0.6) is 0 Å². The Morgan fingerprint density at radius 2 is 2.00 bits per heavy atom. The molecule has 0 saturated heterocycles. The molecular formula is C9H10HgN4O4. The molecule has 0 aliphatic heterocycles. The molecule has 2 aromatic rings. The molecule has 8 nitrogen and oxygen atoms in total. The number of hydrogen-bond donors (Lipinski definition) is 0. The number of hydrogen-bond acceptors (Lipinski definition) is 5. The van der Waals surface area contributed by atoms with Gasteiger partial charge in [0, 0.05) is 0 Å². The molecule has 0 N–H and O–H groups in total. The summed E-state index contributed by atoms with van der Waals surface area (Å²) in [6.07, 6.45) is 1.14. The Hall–Kier alpha value is -1.44. The first-order valence-corrected chi connectivity index (χ1v) is 9.88. The first-order chi connectivity index (χ1) is 8.43. The summed E-state index contributed by atoms with van der Waals surface area (Å²) in [7, 11) is 3.14. The SMILES string of the molecule is CC(=O)[O][Hg][n]1c(=O)cnc2c1n(C)c(=O)n2C. The third-order valence-electron chi connectivity index (χ3n) is 2.63. The predicted molar refractivity (Wildman–Crippen MR) is 57.4 cm³/mol. The number of aryl methyl sites for hydroxylation is 2. The van der Waals surface area contributed by atoms with Crippen LogP contribution in [0.1, 0.15) is 6.92 Å². The second-order valence-electron chi connectivity index (χ2n) is 3.84. The second kappa shape index (κ2) is 4.67. The van der Waals surface area contributed by atoms with Crippen molar-refractivity contribution in [2.75, 3.05) is 0 Å². The van der Waals surface area contributed by atoms with Crippen LogP contribution in [0.2, 0.25) is 0 Å². The van der Waals surface area contributed by atoms with Gasteiger partial charge >= 0.3 is 115 Å². The molecule has 0 aliphatic carbocycles. The van der Waals surface area contributed by atoms with Gasteiger partial charge in [0.1, 0.15) is 0 Å². The fourth-order valence-corrected chi connectivity index (χ4v) is 5.59. The molecule has 92 valence electrons. The van der Waals surface area contributed by atoms with E-state index in [4.69, 9.17) is 2.64 Å². The van der Waals surface area contributed by atoms with Gasteiger partial charge in [-0.1, -0.05) is 0 Å². The molecule has 2 heterocycles. The number of imidazole rings is 1. The molecule has 2 rings (SSSR count). The number of fused-ring (bicyclic) bond motifs is 1. The molecule has 0 spiro atoms. The summed E-state index contributed by atoms with van der Waals surface area (Å²) < 4.78 is 9.12. The number of carbonyl (C=O) groups is 1. The quantitative estimate of drug-likeness (QED) is 0.547. The van der Waals surface area contributed by atoms with Gasteiger partial charge in [0.25, 0.3) is 0 Å². The van der Waals surface area contributed by atoms with Crippen molar-refractivity contribution in [3.05, 3.63) is 27.0 Å². The normalized spacial score (nSPS) is 10.4. The Morgan fingerprint density at radius 1 is 1.33 bits per heavy atom. The first-order valence-electron chi connectivity index (χ1n) is 5.18. The van der Waals surface area contributed by atoms with Crippen LogP contribution < -0.4 is 11.2 Å². The van der Waals surface area contributed by atoms with Crippen LogP contribution in [0.3, 0.4) is 0 Å². The molecule has 0 amide bonds. The van der Waals surface area contributed by atoms with E-state index < -0.39 is 31.3 Å². The number of rotatable bonds is 2. The van der Waals surface area contributed by atoms with Gasteiger partial charge in [-0.25, -0.2) is 0 Å². The zero-order valence-corrected chi connectivity index (χ0v) is 15.7. The summed E-state index contributed by atoms with van der Waals surface area (Å²) in [5.41, 5.74) is 0.215. The van der Waals surface area contributed by atoms with Gasteiger partial charge in [-0.3, -0.25) is 0 Å². The third kappa shape index (κ3) is 2.00. The molecule has 0 aliphatic rings. The van der Waals surface area contributed by atoms with Crippen LogP contribution in [0.15, 0.2) is 15.8 Å². The average Bonchev–Trinajstić information content (AvgIpc) is 2.53. The fraction of sp³-hybridized carbons (Fsp3) is 0.333. The Balaban J connectivity index is 2.74. The fourth-order valence-electron chi connectivity index (χ4n) is 1.72. The molecular weight excluding hydrogens is 429 g/mol. The van der Waals surface area contributed by atoms with Crippen molar-refractivity contribution in [2.45, 2.75) is 6.92 Å². The summed E-state index contributed by atoms with van der Waals surface area (Å²) in [6, 6.07) is 0. The second-order valence-corrected chi connectivity index (χ2v) is 8.42. The average molecular weight is 439 g/mol. The molecule has 0 bridgehead atoms. The van der Waals surface area contributed by atoms with Crippen LogP contribution in [0.4, 0.5) is 0 Å². The van der Waals surface area contributed by atoms with Gasteiger partial charge in [0.15, 0.2) is 0 Å². The van der Waals surface area contributed by atoms with E-state index in [1.54, 1.807) is 14.1 Å². The molecule has 18 heavy (non-hydrogen) atoms. The van der Waals surface area contributed by atoms with Crippen molar-refractivity contribution >= 4 is 17.3 Å². The monoisotopic (exact) mass is 440 g/mol. The summed E-state index contributed by atoms with van der Waals surface area (Å²) in [5, 5.41) is 0. The van der Waals surface area contributed by atoms with Gasteiger partial charge in [0.05, 0.1) is 0 Å². The number of aromatic nitrogens is 4. The molecule has 0 unspecified atom stereocenters. The molecule has 2 aromatic heterocycles. The van der Waals surface area contributed by atoms with Gasteiger partial charge in [-0.05, 0) is 0 Å². The van der Waals surface area contributed by atoms with E-state index in [1.807, 2.05) is 0 Å². The number of nitrogens with zero attached hydrogens (tertiary/aromatic N) is 4. The first kappa shape index (κ1) is 13.0. The molecule has 0 atom stereocenters. The zero-order chi connectivity index (χ0) is 13.4. The Kier molecular flexibility index (Phi) is 3.37. The van der Waals surface area contributed by atoms with E-state index in [9.17, 15) is 14.4 Å². The van der Waals surface area contributed by atoms with Crippen LogP contribution in [-0.2, 0) is 46.9 Å². The van der Waals surface area contributed by atoms with Crippen molar-refractivity contribution in [3.8, 4) is 0 Å². The predicted octanol–water partition coefficient (Wildman–Crippen LogP) is -1.24. The van der Waals surface area contributed by atoms with Crippen molar-refractivity contribution < 1.29 is 32.8 Å². The minimum absolute atomic E-state index is 0.270. The van der Waals surface area contributed by atoms with Crippen molar-refractivity contribution in [1.29, 1.82) is 0 Å². The van der Waals surface area contributed by atoms with E-state index in [0.717, 1.165) is 6.20 Å². The Morgan fingerprint density at radius 3 is 2.61 bits per heavy atom. The van der Waals surface area contributed by atoms with E-state index >= 15 is 0 Å². The molecule has 0 fully saturated rings. The number of carbonyl (C=O) groups excluding carboxylic acids is 1. The minimum atomic E-state index is -2.40. The zero-order valence-electron chi connectivity index (χ0n) is 10.2. The van der Waals surface area contributed by atoms with E-state index in [-0.39, 0.29) is 11.2 Å². The van der Waals surface area contributed by atoms with E-state index in [1.165, 1.54) is 18.4 Å². The van der Waals surface area contributed by atoms with Gasteiger partial charge < -0.3 is 0 Å². The van der Waals surface area contributed by atoms with E-state index in [2.05, 4.69) is 4.98 Å². The van der Waals surface area contributed by atoms with Crippen molar-refractivity contribution in [1.82, 2.24) is 16.4 Å². The van der Waals surface area contributed by atoms with Crippen LogP contribution >= 0.6 is 0 Å². The van der Waals surface area contributed by atoms with E-state index in [0.29, 0.717) is 11.3 Å². The summed E-state index contributed by atoms with van der Waals surface area (Å²) in [6.45, 7) is 1.30. The molecule has 0 aromatic carbocycles. The summed E-state index contributed by atoms with van der Waals surface area (Å²) >= 11 is -2.40. The molecule has 0 radical (unpaired) electrons. The summed E-state index contributed by atoms with van der Waals surface area (Å²) in [5.74, 6) is -0.408. The third-order valence-corrected chi connectivity index (χ3v) is 8.09. The molecule has 0 saturated carbocycles. The van der Waals surface area contributed by atoms with Crippen LogP contribution in [0.25, 0.3) is 11.3 Å². The van der Waals surface area contributed by atoms with Crippen LogP contribution in [0, 0.1) is 0 Å². The van der Waals surface area contributed by atoms with Crippen LogP contribution in [-0.4, -0.2) is 22.4 Å². The van der Waals surface area contributed by atoms with Crippen molar-refractivity contribution in [2.24, 2.45) is 14.1 Å². The maximum atomic E-state index is 11.8. The molecule has 9 heteroatoms. The Bertz CT molecular complexity index is 741. The summed E-state index contributed by atoms with van der Waals surface area (Å²) in [4.78, 5) is 38.3. The maximum absolute atomic E-state index is 11.8. The van der Waals surface area contributed by atoms with Crippen molar-refractivity contribution in [3.63, 3.8) is 0 Å². The standard InChI is InChI=1S/C7H8N4O2.C2H4O2.Hg/c1-10-5-6(11(2)7(10)13)9-4(12)3-8-5;1-2(3)4;/h3H,1-2H3,(H,9,12);1H3,(H,3,4);/q;;+2/p-2.